The first kappa shape index (κ1) is 40.7. The summed E-state index contributed by atoms with van der Waals surface area (Å²) in [7, 11) is -7.59. The van der Waals surface area contributed by atoms with E-state index in [4.69, 9.17) is 0 Å². The average molecular weight is 719 g/mol. The highest BCUT2D eigenvalue weighted by Gasteiger charge is 2.41. The van der Waals surface area contributed by atoms with E-state index in [0.29, 0.717) is 63.7 Å². The van der Waals surface area contributed by atoms with Gasteiger partial charge in [-0.05, 0) is 94.8 Å². The molecule has 2 atom stereocenters. The first-order valence-corrected chi connectivity index (χ1v) is 21.4. The molecule has 48 heavy (non-hydrogen) atoms. The van der Waals surface area contributed by atoms with E-state index in [0.717, 1.165) is 44.9 Å². The van der Waals surface area contributed by atoms with Gasteiger partial charge in [-0.3, -0.25) is 14.4 Å². The van der Waals surface area contributed by atoms with Gasteiger partial charge in [-0.25, -0.2) is 21.6 Å². The molecule has 0 unspecified atom stereocenters. The summed E-state index contributed by atoms with van der Waals surface area (Å²) in [6, 6.07) is -2.12. The van der Waals surface area contributed by atoms with Gasteiger partial charge in [0.15, 0.2) is 0 Å². The maximum absolute atomic E-state index is 13.7. The van der Waals surface area contributed by atoms with Crippen molar-refractivity contribution in [3.63, 3.8) is 0 Å². The number of aliphatic carboxylic acids is 1. The lowest BCUT2D eigenvalue weighted by atomic mass is 9.85. The summed E-state index contributed by atoms with van der Waals surface area (Å²) in [4.78, 5) is 37.3. The van der Waals surface area contributed by atoms with E-state index in [1.54, 1.807) is 0 Å². The van der Waals surface area contributed by atoms with Crippen molar-refractivity contribution < 1.29 is 36.3 Å². The Bertz CT molecular complexity index is 1250. The minimum absolute atomic E-state index is 0.0374. The summed E-state index contributed by atoms with van der Waals surface area (Å²) in [5.74, 6) is -1.00. The van der Waals surface area contributed by atoms with Gasteiger partial charge in [0, 0.05) is 26.1 Å². The van der Waals surface area contributed by atoms with E-state index >= 15 is 0 Å². The zero-order valence-corrected chi connectivity index (χ0v) is 31.3. The molecule has 14 heteroatoms. The molecule has 3 rings (SSSR count). The Morgan fingerprint density at radius 3 is 2.00 bits per heavy atom. The number of sulfonamides is 2. The van der Waals surface area contributed by atoms with Gasteiger partial charge in [-0.2, -0.15) is 4.31 Å². The predicted molar refractivity (Wildman–Crippen MR) is 187 cm³/mol. The lowest BCUT2D eigenvalue weighted by Crippen LogP contribution is -2.51. The van der Waals surface area contributed by atoms with Crippen molar-refractivity contribution in [2.24, 2.45) is 17.8 Å². The number of amides is 2. The number of hydrogen-bond donors (Lipinski definition) is 4. The fourth-order valence-corrected chi connectivity index (χ4v) is 11.7. The first-order valence-electron chi connectivity index (χ1n) is 18.4. The number of carbonyl (C=O) groups is 3. The number of unbranched alkanes of at least 4 members (excludes halogenated alkanes) is 1. The molecule has 3 aliphatic carbocycles. The fraction of sp³-hybridized carbons (Fsp3) is 0.912. The second-order valence-corrected chi connectivity index (χ2v) is 19.3. The van der Waals surface area contributed by atoms with Crippen LogP contribution in [0.2, 0.25) is 0 Å². The van der Waals surface area contributed by atoms with Crippen LogP contribution in [0.4, 0.5) is 0 Å². The summed E-state index contributed by atoms with van der Waals surface area (Å²) >= 11 is 0. The van der Waals surface area contributed by atoms with Gasteiger partial charge in [-0.1, -0.05) is 52.9 Å². The fourth-order valence-electron chi connectivity index (χ4n) is 7.74. The summed E-state index contributed by atoms with van der Waals surface area (Å²) in [6.45, 7) is 7.70. The Kier molecular flexibility index (Phi) is 16.1. The molecule has 0 aromatic heterocycles. The smallest absolute Gasteiger partial charge is 0.322 e. The third kappa shape index (κ3) is 12.5. The number of carboxylic acids is 1. The van der Waals surface area contributed by atoms with Crippen LogP contribution in [0, 0.1) is 17.8 Å². The van der Waals surface area contributed by atoms with Gasteiger partial charge in [-0.15, -0.1) is 0 Å². The molecule has 0 saturated heterocycles. The van der Waals surface area contributed by atoms with E-state index in [1.807, 2.05) is 13.8 Å². The van der Waals surface area contributed by atoms with Crippen LogP contribution in [0.3, 0.4) is 0 Å². The zero-order valence-electron chi connectivity index (χ0n) is 29.6. The van der Waals surface area contributed by atoms with Crippen LogP contribution in [0.1, 0.15) is 137 Å². The number of hydrogen-bond acceptors (Lipinski definition) is 7. The molecular weight excluding hydrogens is 657 g/mol. The molecule has 2 amide bonds. The van der Waals surface area contributed by atoms with Crippen LogP contribution >= 0.6 is 0 Å². The van der Waals surface area contributed by atoms with Crippen LogP contribution in [-0.4, -0.2) is 85.7 Å². The second-order valence-electron chi connectivity index (χ2n) is 15.2. The summed E-state index contributed by atoms with van der Waals surface area (Å²) in [6.07, 6.45) is 11.2. The minimum atomic E-state index is -3.80. The predicted octanol–water partition coefficient (Wildman–Crippen LogP) is 4.30. The molecule has 0 heterocycles. The van der Waals surface area contributed by atoms with E-state index in [1.165, 1.54) is 11.2 Å². The number of carbonyl (C=O) groups excluding carboxylic acids is 2. The number of nitrogens with one attached hydrogen (secondary N) is 3. The van der Waals surface area contributed by atoms with Crippen LogP contribution < -0.4 is 15.4 Å². The Morgan fingerprint density at radius 2 is 1.44 bits per heavy atom. The van der Waals surface area contributed by atoms with Crippen molar-refractivity contribution in [1.82, 2.24) is 19.7 Å². The van der Waals surface area contributed by atoms with Crippen LogP contribution in [0.25, 0.3) is 0 Å². The largest absolute Gasteiger partial charge is 0.480 e. The number of nitrogens with zero attached hydrogens (tertiary/aromatic N) is 1. The molecular formula is C34H62N4O8S2. The average Bonchev–Trinajstić information content (AvgIpc) is 3.01. The third-order valence-corrected chi connectivity index (χ3v) is 14.9. The van der Waals surface area contributed by atoms with E-state index in [-0.39, 0.29) is 49.2 Å². The highest BCUT2D eigenvalue weighted by molar-refractivity contribution is 7.90. The molecule has 12 nitrogen and oxygen atoms in total. The van der Waals surface area contributed by atoms with Gasteiger partial charge in [0.1, 0.15) is 12.1 Å². The van der Waals surface area contributed by atoms with Crippen LogP contribution in [0.15, 0.2) is 0 Å². The van der Waals surface area contributed by atoms with Gasteiger partial charge in [0.2, 0.25) is 31.9 Å². The highest BCUT2D eigenvalue weighted by atomic mass is 32.2. The van der Waals surface area contributed by atoms with Gasteiger partial charge in [0.05, 0.1) is 10.5 Å². The first-order chi connectivity index (χ1) is 22.6. The molecule has 3 aliphatic rings. The molecule has 0 radical (unpaired) electrons. The van der Waals surface area contributed by atoms with Crippen molar-refractivity contribution in [2.75, 3.05) is 13.1 Å². The number of carboxylic acid groups (broad SMARTS) is 1. The van der Waals surface area contributed by atoms with Crippen LogP contribution in [-0.2, 0) is 34.4 Å². The topological polar surface area (TPSA) is 179 Å². The Balaban J connectivity index is 1.59. The number of rotatable bonds is 18. The Labute approximate surface area is 289 Å². The van der Waals surface area contributed by atoms with E-state index in [9.17, 15) is 36.3 Å². The monoisotopic (exact) mass is 718 g/mol. The summed E-state index contributed by atoms with van der Waals surface area (Å²) < 4.78 is 58.3. The van der Waals surface area contributed by atoms with Crippen LogP contribution in [0.5, 0.6) is 0 Å². The zero-order chi connectivity index (χ0) is 35.5. The van der Waals surface area contributed by atoms with E-state index < -0.39 is 48.6 Å². The summed E-state index contributed by atoms with van der Waals surface area (Å²) in [5, 5.41) is 14.7. The lowest BCUT2D eigenvalue weighted by molar-refractivity contribution is -0.142. The van der Waals surface area contributed by atoms with Crippen molar-refractivity contribution in [2.45, 2.75) is 165 Å². The standard InChI is InChI=1S/C34H62N4O8S2/c1-24(2)23-38(48(45,46)30-17-13-25(3)14-18-30)32(34(41)42)12-8-9-21-35-33(40)31(22-27-10-6-5-7-11-27)37-47(43,44)29-19-15-28(16-20-29)36-26(4)39/h24-25,27-32,37H,5-23H2,1-4H3,(H,35,40)(H,36,39)(H,41,42)/t25?,28?,29?,30?,31-,32-/m0/s1. The maximum Gasteiger partial charge on any atom is 0.322 e. The van der Waals surface area contributed by atoms with Gasteiger partial charge >= 0.3 is 5.97 Å². The van der Waals surface area contributed by atoms with Crippen molar-refractivity contribution in [3.05, 3.63) is 0 Å². The van der Waals surface area contributed by atoms with Crippen molar-refractivity contribution in [1.29, 1.82) is 0 Å². The lowest BCUT2D eigenvalue weighted by Gasteiger charge is -2.35. The molecule has 0 aromatic carbocycles. The molecule has 0 spiro atoms. The Morgan fingerprint density at radius 1 is 0.833 bits per heavy atom. The molecule has 278 valence electrons. The normalized spacial score (nSPS) is 25.8. The summed E-state index contributed by atoms with van der Waals surface area (Å²) in [5.41, 5.74) is 0. The molecule has 3 fully saturated rings. The minimum Gasteiger partial charge on any atom is -0.480 e. The second kappa shape index (κ2) is 19.0. The molecule has 0 bridgehead atoms. The third-order valence-electron chi connectivity index (χ3n) is 10.5. The highest BCUT2D eigenvalue weighted by Crippen LogP contribution is 2.32. The maximum atomic E-state index is 13.7. The van der Waals surface area contributed by atoms with Crippen molar-refractivity contribution in [3.8, 4) is 0 Å². The molecule has 3 saturated carbocycles. The van der Waals surface area contributed by atoms with Gasteiger partial charge in [0.25, 0.3) is 0 Å². The quantitative estimate of drug-likeness (QED) is 0.152. The van der Waals surface area contributed by atoms with Gasteiger partial charge < -0.3 is 15.7 Å². The van der Waals surface area contributed by atoms with Crippen molar-refractivity contribution >= 4 is 37.8 Å². The molecule has 0 aromatic rings. The molecule has 4 N–H and O–H groups in total. The SMILES string of the molecule is CC(=O)NC1CCC(S(=O)(=O)N[C@@H](CC2CCCCC2)C(=O)NCCCC[C@@H](C(=O)O)N(CC(C)C)S(=O)(=O)C2CCC(C)CC2)CC1. The Hall–Kier alpha value is -1.77. The van der Waals surface area contributed by atoms with E-state index in [2.05, 4.69) is 22.3 Å². The molecule has 0 aliphatic heterocycles.